The third kappa shape index (κ3) is 20.9. The summed E-state index contributed by atoms with van der Waals surface area (Å²) in [6, 6.07) is 15.0. The van der Waals surface area contributed by atoms with Gasteiger partial charge in [-0.05, 0) is 67.4 Å². The fraction of sp³-hybridized carbons (Fsp3) is 0.205. The van der Waals surface area contributed by atoms with Gasteiger partial charge < -0.3 is 52.8 Å². The molecule has 0 aliphatic rings. The molecule has 3 heterocycles. The van der Waals surface area contributed by atoms with E-state index in [1.807, 2.05) is 0 Å². The number of aryl methyl sites for hydroxylation is 1. The molecule has 0 aliphatic heterocycles. The standard InChI is InChI=1S/C39H35N5O24S5.5Na/c45-35-34-32(19-27(65-70(50,51)52)20-33(34)63-36(37(35)68-73(59,60)61)24-12-15-30(66-71(53,54)55)31(18-24)67-72(56,57)58)62-22-25-21-43(42-41-25)16-6-2-1-3-7-17-44-38(40-29-9-5-4-8-28(29)39(44)46)23-10-13-26(14-11-23)64-69(47,48)49;;;;;/h4-5,8-15,18-21H,1-3,6-7,16-17,22H2,(H,47,48,49)(H,50,51,52)(H,53,54,55)(H,56,57,58)(H,59,60,61);;;;;/q;5*+1/p-5. The van der Waals surface area contributed by atoms with Gasteiger partial charge in [-0.25, -0.2) is 47.1 Å². The molecule has 0 fully saturated rings. The minimum atomic E-state index is -5.90. The summed E-state index contributed by atoms with van der Waals surface area (Å²) in [5.41, 5.74) is -2.41. The van der Waals surface area contributed by atoms with E-state index >= 15 is 0 Å². The van der Waals surface area contributed by atoms with Gasteiger partial charge in [0.25, 0.3) is 57.6 Å². The van der Waals surface area contributed by atoms with Gasteiger partial charge in [-0.1, -0.05) is 36.6 Å². The Labute approximate surface area is 553 Å². The van der Waals surface area contributed by atoms with Gasteiger partial charge in [0.15, 0.2) is 17.3 Å². The number of nitrogens with zero attached hydrogens (tertiary/aromatic N) is 5. The van der Waals surface area contributed by atoms with Gasteiger partial charge in [-0.3, -0.25) is 18.8 Å². The average molecular weight is 1230 g/mol. The Morgan fingerprint density at radius 3 is 1.72 bits per heavy atom. The summed E-state index contributed by atoms with van der Waals surface area (Å²) in [4.78, 5) is 32.2. The first-order valence-corrected chi connectivity index (χ1v) is 26.9. The molecule has 0 radical (unpaired) electrons. The van der Waals surface area contributed by atoms with Crippen LogP contribution in [-0.4, -0.2) is 89.4 Å². The SMILES string of the molecule is O=c1c(OS(=O)(=O)[O-])c(-c2ccc(OS(=O)(=O)[O-])c(OS(=O)(=O)[O-])c2)oc2cc(OS(=O)(=O)[O-])cc(OCc3cn(CCCCCCCn4c(-c5ccc(OS(=O)(=O)[O-])cc5)nc5ccccc5c4=O)nn3)c12.[Na+].[Na+].[Na+].[Na+].[Na+]. The predicted molar refractivity (Wildman–Crippen MR) is 238 cm³/mol. The van der Waals surface area contributed by atoms with Crippen LogP contribution in [0.5, 0.6) is 34.5 Å². The van der Waals surface area contributed by atoms with Crippen LogP contribution >= 0.6 is 0 Å². The number of unbranched alkanes of at least 4 members (excludes halogenated alkanes) is 4. The zero-order valence-corrected chi connectivity index (χ0v) is 55.4. The molecule has 0 spiro atoms. The van der Waals surface area contributed by atoms with E-state index in [2.05, 4.69) is 36.2 Å². The minimum Gasteiger partial charge on any atom is -0.716 e. The monoisotopic (exact) mass is 1230 g/mol. The summed E-state index contributed by atoms with van der Waals surface area (Å²) in [5, 5.41) is 7.58. The number of rotatable bonds is 23. The first-order valence-electron chi connectivity index (χ1n) is 20.3. The molecule has 390 valence electrons. The maximum Gasteiger partial charge on any atom is 1.00 e. The van der Waals surface area contributed by atoms with Gasteiger partial charge in [0, 0.05) is 36.3 Å². The second-order valence-electron chi connectivity index (χ2n) is 15.0. The fourth-order valence-electron chi connectivity index (χ4n) is 7.01. The predicted octanol–water partition coefficient (Wildman–Crippen LogP) is -13.1. The fourth-order valence-corrected chi connectivity index (χ4v) is 8.75. The van der Waals surface area contributed by atoms with Gasteiger partial charge in [0.1, 0.15) is 46.3 Å². The van der Waals surface area contributed by atoms with E-state index in [0.29, 0.717) is 91.3 Å². The van der Waals surface area contributed by atoms with Crippen molar-refractivity contribution in [3.05, 3.63) is 111 Å². The smallest absolute Gasteiger partial charge is 0.716 e. The molecule has 39 heteroatoms. The first-order chi connectivity index (χ1) is 34.1. The molecule has 0 saturated carbocycles. The van der Waals surface area contributed by atoms with Crippen molar-refractivity contribution in [2.75, 3.05) is 0 Å². The third-order valence-electron chi connectivity index (χ3n) is 9.77. The quantitative estimate of drug-likeness (QED) is 0.0248. The van der Waals surface area contributed by atoms with E-state index in [9.17, 15) is 74.4 Å². The Morgan fingerprint density at radius 2 is 1.10 bits per heavy atom. The molecule has 0 N–H and O–H groups in total. The van der Waals surface area contributed by atoms with Gasteiger partial charge in [0.2, 0.25) is 11.2 Å². The molecular formula is C39H30N5Na5O24S5. The third-order valence-corrected chi connectivity index (χ3v) is 11.7. The largest absolute Gasteiger partial charge is 1.00 e. The number of hydrogen-bond acceptors (Lipinski definition) is 27. The van der Waals surface area contributed by atoms with Crippen molar-refractivity contribution in [3.8, 4) is 57.2 Å². The van der Waals surface area contributed by atoms with Crippen molar-refractivity contribution in [3.63, 3.8) is 0 Å². The normalized spacial score (nSPS) is 11.7. The summed E-state index contributed by atoms with van der Waals surface area (Å²) >= 11 is 0. The Hall–Kier alpha value is -2.28. The van der Waals surface area contributed by atoms with Crippen LogP contribution in [0.1, 0.15) is 37.8 Å². The summed E-state index contributed by atoms with van der Waals surface area (Å²) in [6.45, 7) is 0.0330. The average Bonchev–Trinajstić information content (AvgIpc) is 3.72. The molecule has 78 heavy (non-hydrogen) atoms. The number of fused-ring (bicyclic) bond motifs is 2. The van der Waals surface area contributed by atoms with E-state index in [4.69, 9.17) is 9.15 Å². The molecular weight excluding hydrogens is 1200 g/mol. The first kappa shape index (κ1) is 71.8. The Balaban J connectivity index is 0.00000416. The number of aromatic nitrogens is 5. The molecule has 29 nitrogen and oxygen atoms in total. The maximum absolute atomic E-state index is 14.0. The topological polar surface area (TPSA) is 437 Å². The van der Waals surface area contributed by atoms with E-state index < -0.39 is 115 Å². The molecule has 7 rings (SSSR count). The molecule has 0 aliphatic carbocycles. The van der Waals surface area contributed by atoms with E-state index in [1.165, 1.54) is 39.7 Å². The van der Waals surface area contributed by atoms with Gasteiger partial charge in [-0.15, -0.1) is 5.10 Å². The second-order valence-corrected chi connectivity index (χ2v) is 19.9. The molecule has 0 bridgehead atoms. The molecule has 4 aromatic carbocycles. The summed E-state index contributed by atoms with van der Waals surface area (Å²) in [5.74, 6) is -6.64. The maximum atomic E-state index is 14.0. The summed E-state index contributed by atoms with van der Waals surface area (Å²) < 4.78 is 207. The van der Waals surface area contributed by atoms with Gasteiger partial charge in [0.05, 0.1) is 17.1 Å². The summed E-state index contributed by atoms with van der Waals surface area (Å²) in [7, 11) is -27.9. The van der Waals surface area contributed by atoms with Crippen LogP contribution in [0, 0.1) is 0 Å². The minimum absolute atomic E-state index is 0. The van der Waals surface area contributed by atoms with E-state index in [0.717, 1.165) is 0 Å². The van der Waals surface area contributed by atoms with Crippen LogP contribution in [0.15, 0.2) is 99.1 Å². The van der Waals surface area contributed by atoms with Crippen LogP contribution < -0.4 is 184 Å². The number of hydrogen-bond donors (Lipinski definition) is 0. The van der Waals surface area contributed by atoms with Gasteiger partial charge >= 0.3 is 148 Å². The van der Waals surface area contributed by atoms with Crippen molar-refractivity contribution in [2.45, 2.75) is 51.8 Å². The van der Waals surface area contributed by atoms with Crippen molar-refractivity contribution in [2.24, 2.45) is 0 Å². The van der Waals surface area contributed by atoms with E-state index in [1.54, 1.807) is 24.3 Å². The van der Waals surface area contributed by atoms with Crippen molar-refractivity contribution in [1.82, 2.24) is 24.5 Å². The van der Waals surface area contributed by atoms with Gasteiger partial charge in [-0.2, -0.15) is 0 Å². The van der Waals surface area contributed by atoms with Crippen molar-refractivity contribution >= 4 is 73.9 Å². The van der Waals surface area contributed by atoms with Crippen molar-refractivity contribution < 1.29 is 243 Å². The number of para-hydroxylation sites is 1. The number of ether oxygens (including phenoxy) is 1. The van der Waals surface area contributed by atoms with Crippen LogP contribution in [0.3, 0.4) is 0 Å². The number of benzene rings is 4. The summed E-state index contributed by atoms with van der Waals surface area (Å²) in [6.07, 6.45) is 4.63. The Kier molecular flexibility index (Phi) is 27.4. The van der Waals surface area contributed by atoms with Crippen LogP contribution in [0.2, 0.25) is 0 Å². The molecule has 0 saturated heterocycles. The second kappa shape index (κ2) is 29.8. The molecule has 7 aromatic rings. The van der Waals surface area contributed by atoms with E-state index in [-0.39, 0.29) is 171 Å². The Bertz CT molecular complexity index is 3980. The van der Waals surface area contributed by atoms with Crippen LogP contribution in [0.4, 0.5) is 0 Å². The van der Waals surface area contributed by atoms with Crippen LogP contribution in [-0.2, 0) is 71.7 Å². The molecule has 0 atom stereocenters. The van der Waals surface area contributed by atoms with Crippen molar-refractivity contribution in [1.29, 1.82) is 0 Å². The zero-order chi connectivity index (χ0) is 53.1. The van der Waals surface area contributed by atoms with Crippen LogP contribution in [0.25, 0.3) is 44.6 Å². The molecule has 0 amide bonds. The molecule has 3 aromatic heterocycles. The Morgan fingerprint density at radius 1 is 0.551 bits per heavy atom. The zero-order valence-electron chi connectivity index (χ0n) is 41.3. The molecule has 0 unspecified atom stereocenters.